The third-order valence-electron chi connectivity index (χ3n) is 2.86. The van der Waals surface area contributed by atoms with Crippen molar-refractivity contribution < 1.29 is 9.18 Å². The molecule has 0 saturated heterocycles. The molecule has 104 valence electrons. The lowest BCUT2D eigenvalue weighted by Crippen LogP contribution is -2.14. The van der Waals surface area contributed by atoms with Crippen molar-refractivity contribution in [3.05, 3.63) is 62.9 Å². The van der Waals surface area contributed by atoms with Gasteiger partial charge in [0.05, 0.1) is 16.3 Å². The van der Waals surface area contributed by atoms with Crippen molar-refractivity contribution in [1.29, 1.82) is 0 Å². The summed E-state index contributed by atoms with van der Waals surface area (Å²) in [6, 6.07) is 7.53. The third-order valence-corrected chi connectivity index (χ3v) is 3.58. The normalized spacial score (nSPS) is 10.4. The number of amides is 1. The summed E-state index contributed by atoms with van der Waals surface area (Å²) in [6.07, 6.45) is 0. The van der Waals surface area contributed by atoms with Crippen molar-refractivity contribution in [3.63, 3.8) is 0 Å². The SMILES string of the molecule is Cc1ccc(F)c(C(=O)Nc2cc(Cl)c(C)cc2Cl)c1. The number of benzene rings is 2. The second-order valence-electron chi connectivity index (χ2n) is 4.52. The predicted octanol–water partition coefficient (Wildman–Crippen LogP) is 5.00. The minimum Gasteiger partial charge on any atom is -0.320 e. The predicted molar refractivity (Wildman–Crippen MR) is 80.3 cm³/mol. The van der Waals surface area contributed by atoms with Crippen LogP contribution in [-0.2, 0) is 0 Å². The number of halogens is 3. The monoisotopic (exact) mass is 311 g/mol. The number of anilines is 1. The largest absolute Gasteiger partial charge is 0.320 e. The topological polar surface area (TPSA) is 29.1 Å². The highest BCUT2D eigenvalue weighted by atomic mass is 35.5. The molecule has 0 atom stereocenters. The van der Waals surface area contributed by atoms with Crippen molar-refractivity contribution in [1.82, 2.24) is 0 Å². The van der Waals surface area contributed by atoms with Crippen LogP contribution in [0.15, 0.2) is 30.3 Å². The molecule has 0 aliphatic rings. The molecule has 2 nitrogen and oxygen atoms in total. The molecule has 0 radical (unpaired) electrons. The summed E-state index contributed by atoms with van der Waals surface area (Å²) in [5.74, 6) is -1.14. The lowest BCUT2D eigenvalue weighted by molar-refractivity contribution is 0.102. The maximum atomic E-state index is 13.6. The summed E-state index contributed by atoms with van der Waals surface area (Å²) in [4.78, 5) is 12.1. The Hall–Kier alpha value is -1.58. The van der Waals surface area contributed by atoms with E-state index >= 15 is 0 Å². The summed E-state index contributed by atoms with van der Waals surface area (Å²) >= 11 is 12.0. The smallest absolute Gasteiger partial charge is 0.258 e. The van der Waals surface area contributed by atoms with E-state index < -0.39 is 11.7 Å². The van der Waals surface area contributed by atoms with E-state index in [0.717, 1.165) is 11.1 Å². The third kappa shape index (κ3) is 3.11. The van der Waals surface area contributed by atoms with Crippen LogP contribution >= 0.6 is 23.2 Å². The highest BCUT2D eigenvalue weighted by Crippen LogP contribution is 2.29. The first-order valence-electron chi connectivity index (χ1n) is 5.91. The number of carbonyl (C=O) groups is 1. The van der Waals surface area contributed by atoms with Crippen molar-refractivity contribution in [3.8, 4) is 0 Å². The summed E-state index contributed by atoms with van der Waals surface area (Å²) in [5, 5.41) is 3.40. The van der Waals surface area contributed by atoms with E-state index in [1.165, 1.54) is 12.1 Å². The molecule has 2 rings (SSSR count). The zero-order chi connectivity index (χ0) is 14.9. The molecule has 0 saturated carbocycles. The van der Waals surface area contributed by atoms with Gasteiger partial charge in [-0.05, 0) is 43.7 Å². The van der Waals surface area contributed by atoms with Gasteiger partial charge >= 0.3 is 0 Å². The molecule has 5 heteroatoms. The van der Waals surface area contributed by atoms with Crippen molar-refractivity contribution in [2.45, 2.75) is 13.8 Å². The van der Waals surface area contributed by atoms with Crippen LogP contribution in [0.3, 0.4) is 0 Å². The maximum absolute atomic E-state index is 13.6. The Bertz CT molecular complexity index is 686. The van der Waals surface area contributed by atoms with Crippen LogP contribution in [0.25, 0.3) is 0 Å². The Morgan fingerprint density at radius 2 is 1.80 bits per heavy atom. The van der Waals surface area contributed by atoms with Crippen molar-refractivity contribution >= 4 is 34.8 Å². The molecule has 0 aromatic heterocycles. The second kappa shape index (κ2) is 5.81. The first-order chi connectivity index (χ1) is 9.38. The standard InChI is InChI=1S/C15H12Cl2FNO/c1-8-3-4-13(18)10(5-8)15(20)19-14-7-11(16)9(2)6-12(14)17/h3-7H,1-2H3,(H,19,20). The number of hydrogen-bond donors (Lipinski definition) is 1. The molecule has 0 unspecified atom stereocenters. The minimum atomic E-state index is -0.581. The fourth-order valence-corrected chi connectivity index (χ4v) is 2.17. The summed E-state index contributed by atoms with van der Waals surface area (Å²) < 4.78 is 13.6. The molecule has 0 spiro atoms. The van der Waals surface area contributed by atoms with Gasteiger partial charge in [0.15, 0.2) is 0 Å². The van der Waals surface area contributed by atoms with E-state index in [9.17, 15) is 9.18 Å². The van der Waals surface area contributed by atoms with Crippen LogP contribution in [0.2, 0.25) is 10.0 Å². The summed E-state index contributed by atoms with van der Waals surface area (Å²) in [5.41, 5.74) is 1.92. The van der Waals surface area contributed by atoms with E-state index in [0.29, 0.717) is 15.7 Å². The Kier molecular flexibility index (Phi) is 4.31. The molecule has 0 fully saturated rings. The van der Waals surface area contributed by atoms with Gasteiger partial charge in [-0.3, -0.25) is 4.79 Å². The summed E-state index contributed by atoms with van der Waals surface area (Å²) in [7, 11) is 0. The Morgan fingerprint density at radius 1 is 1.10 bits per heavy atom. The zero-order valence-electron chi connectivity index (χ0n) is 10.9. The van der Waals surface area contributed by atoms with E-state index in [-0.39, 0.29) is 5.56 Å². The van der Waals surface area contributed by atoms with Crippen molar-refractivity contribution in [2.75, 3.05) is 5.32 Å². The van der Waals surface area contributed by atoms with E-state index in [1.807, 2.05) is 0 Å². The first kappa shape index (κ1) is 14.8. The maximum Gasteiger partial charge on any atom is 0.258 e. The van der Waals surface area contributed by atoms with Crippen LogP contribution in [0.5, 0.6) is 0 Å². The van der Waals surface area contributed by atoms with E-state index in [4.69, 9.17) is 23.2 Å². The number of rotatable bonds is 2. The van der Waals surface area contributed by atoms with Gasteiger partial charge in [0, 0.05) is 5.02 Å². The van der Waals surface area contributed by atoms with Gasteiger partial charge in [0.1, 0.15) is 5.82 Å². The van der Waals surface area contributed by atoms with Gasteiger partial charge in [0.25, 0.3) is 5.91 Å². The Balaban J connectivity index is 2.32. The van der Waals surface area contributed by atoms with Gasteiger partial charge in [-0.1, -0.05) is 34.8 Å². The van der Waals surface area contributed by atoms with E-state index in [1.54, 1.807) is 32.0 Å². The van der Waals surface area contributed by atoms with Gasteiger partial charge in [-0.25, -0.2) is 4.39 Å². The van der Waals surface area contributed by atoms with Crippen molar-refractivity contribution in [2.24, 2.45) is 0 Å². The van der Waals surface area contributed by atoms with Gasteiger partial charge in [0.2, 0.25) is 0 Å². The Morgan fingerprint density at radius 3 is 2.50 bits per heavy atom. The minimum absolute atomic E-state index is 0.0298. The summed E-state index contributed by atoms with van der Waals surface area (Å²) in [6.45, 7) is 3.59. The molecule has 0 heterocycles. The molecule has 1 N–H and O–H groups in total. The molecule has 0 aliphatic carbocycles. The fraction of sp³-hybridized carbons (Fsp3) is 0.133. The Labute approximate surface area is 126 Å². The molecular weight excluding hydrogens is 300 g/mol. The highest BCUT2D eigenvalue weighted by molar-refractivity contribution is 6.36. The van der Waals surface area contributed by atoms with Gasteiger partial charge < -0.3 is 5.32 Å². The second-order valence-corrected chi connectivity index (χ2v) is 5.33. The van der Waals surface area contributed by atoms with Crippen LogP contribution in [0.1, 0.15) is 21.5 Å². The molecule has 0 bridgehead atoms. The van der Waals surface area contributed by atoms with E-state index in [2.05, 4.69) is 5.32 Å². The van der Waals surface area contributed by atoms with Crippen LogP contribution in [0, 0.1) is 19.7 Å². The molecule has 2 aromatic rings. The highest BCUT2D eigenvalue weighted by Gasteiger charge is 2.14. The van der Waals surface area contributed by atoms with Gasteiger partial charge in [-0.2, -0.15) is 0 Å². The molecule has 20 heavy (non-hydrogen) atoms. The van der Waals surface area contributed by atoms with Gasteiger partial charge in [-0.15, -0.1) is 0 Å². The first-order valence-corrected chi connectivity index (χ1v) is 6.67. The average Bonchev–Trinajstić information content (AvgIpc) is 2.38. The van der Waals surface area contributed by atoms with Crippen LogP contribution < -0.4 is 5.32 Å². The molecular formula is C15H12Cl2FNO. The molecule has 1 amide bonds. The number of aryl methyl sites for hydroxylation is 2. The quantitative estimate of drug-likeness (QED) is 0.830. The average molecular weight is 312 g/mol. The zero-order valence-corrected chi connectivity index (χ0v) is 12.4. The van der Waals surface area contributed by atoms with Crippen LogP contribution in [0.4, 0.5) is 10.1 Å². The van der Waals surface area contributed by atoms with Crippen LogP contribution in [-0.4, -0.2) is 5.91 Å². The number of carbonyl (C=O) groups excluding carboxylic acids is 1. The molecule has 2 aromatic carbocycles. The number of nitrogens with one attached hydrogen (secondary N) is 1. The number of hydrogen-bond acceptors (Lipinski definition) is 1. The lowest BCUT2D eigenvalue weighted by atomic mass is 10.1. The molecule has 0 aliphatic heterocycles. The lowest BCUT2D eigenvalue weighted by Gasteiger charge is -2.10. The fourth-order valence-electron chi connectivity index (χ4n) is 1.74.